The van der Waals surface area contributed by atoms with E-state index in [2.05, 4.69) is 63.7 Å². The molecule has 3 heterocycles. The Labute approximate surface area is 238 Å². The highest BCUT2D eigenvalue weighted by molar-refractivity contribution is 14.2. The minimum absolute atomic E-state index is 0.225. The van der Waals surface area contributed by atoms with Crippen molar-refractivity contribution in [1.82, 2.24) is 14.9 Å². The lowest BCUT2D eigenvalue weighted by atomic mass is 9.93. The van der Waals surface area contributed by atoms with Crippen LogP contribution in [-0.2, 0) is 6.42 Å². The van der Waals surface area contributed by atoms with E-state index in [1.807, 2.05) is 18.3 Å². The van der Waals surface area contributed by atoms with Crippen molar-refractivity contribution < 1.29 is 4.39 Å². The van der Waals surface area contributed by atoms with Crippen molar-refractivity contribution in [3.63, 3.8) is 0 Å². The third-order valence-corrected chi connectivity index (χ3v) is 10.5. The molecule has 1 atom stereocenters. The van der Waals surface area contributed by atoms with Crippen LogP contribution in [0.4, 0.5) is 10.1 Å². The summed E-state index contributed by atoms with van der Waals surface area (Å²) in [6.07, 6.45) is 9.95. The fourth-order valence-electron chi connectivity index (χ4n) is 5.74. The number of aliphatic imine (C=N–C) groups is 1. The number of imidazole rings is 1. The third kappa shape index (κ3) is 4.98. The largest absolute Gasteiger partial charge is 0.382 e. The predicted molar refractivity (Wildman–Crippen MR) is 169 cm³/mol. The Morgan fingerprint density at radius 3 is 2.67 bits per heavy atom. The second-order valence-corrected chi connectivity index (χ2v) is 13.0. The van der Waals surface area contributed by atoms with Crippen molar-refractivity contribution in [3.05, 3.63) is 90.1 Å². The number of nitrogens with one attached hydrogen (secondary N) is 2. The highest BCUT2D eigenvalue weighted by Gasteiger charge is 2.31. The molecule has 0 saturated heterocycles. The van der Waals surface area contributed by atoms with Crippen LogP contribution in [-0.4, -0.2) is 36.5 Å². The van der Waals surface area contributed by atoms with Crippen LogP contribution in [0.15, 0.2) is 77.8 Å². The van der Waals surface area contributed by atoms with Gasteiger partial charge in [-0.2, -0.15) is 0 Å². The molecule has 7 heteroatoms. The maximum Gasteiger partial charge on any atom is 0.134 e. The van der Waals surface area contributed by atoms with Crippen LogP contribution in [0.25, 0.3) is 27.6 Å². The molecule has 2 N–H and O–H groups in total. The molecule has 1 aliphatic carbocycles. The molecule has 7 rings (SSSR count). The monoisotopic (exact) mass is 631 g/mol. The maximum absolute atomic E-state index is 13.8. The molecule has 4 aromatic rings. The molecular formula is C32H31FIN5. The van der Waals surface area contributed by atoms with E-state index >= 15 is 0 Å². The molecular weight excluding hydrogens is 600 g/mol. The van der Waals surface area contributed by atoms with E-state index in [4.69, 9.17) is 9.98 Å². The number of hydrogen-bond donors (Lipinski definition) is 2. The van der Waals surface area contributed by atoms with E-state index in [9.17, 15) is 4.39 Å². The Bertz CT molecular complexity index is 1610. The SMILES string of the molecule is Fc1ccc(-c2nc3n(c2C2=CC=NC(NC4CCC4)=IC2)[C@H](CNc2cccc4ccccc24)CC3)cc1. The zero-order valence-electron chi connectivity index (χ0n) is 21.7. The Morgan fingerprint density at radius 1 is 0.974 bits per heavy atom. The van der Waals surface area contributed by atoms with Gasteiger partial charge in [0, 0.05) is 46.3 Å². The van der Waals surface area contributed by atoms with Gasteiger partial charge in [-0.3, -0.25) is 5.32 Å². The number of aromatic nitrogens is 2. The average Bonchev–Trinajstić information content (AvgIpc) is 3.42. The topological polar surface area (TPSA) is 54.2 Å². The van der Waals surface area contributed by atoms with Crippen LogP contribution in [0, 0.1) is 5.82 Å². The molecule has 0 spiro atoms. The second-order valence-electron chi connectivity index (χ2n) is 10.5. The fraction of sp³-hybridized carbons (Fsp3) is 0.281. The maximum atomic E-state index is 13.8. The van der Waals surface area contributed by atoms with E-state index in [0.29, 0.717) is 6.04 Å². The fourth-order valence-corrected chi connectivity index (χ4v) is 8.14. The van der Waals surface area contributed by atoms with E-state index in [1.54, 1.807) is 0 Å². The lowest BCUT2D eigenvalue weighted by molar-refractivity contribution is 0.384. The van der Waals surface area contributed by atoms with Crippen LogP contribution < -0.4 is 10.6 Å². The molecule has 0 unspecified atom stereocenters. The molecule has 0 amide bonds. The van der Waals surface area contributed by atoms with Crippen molar-refractivity contribution in [2.75, 3.05) is 16.3 Å². The Hall–Kier alpha value is -3.17. The second kappa shape index (κ2) is 10.8. The van der Waals surface area contributed by atoms with Gasteiger partial charge in [0.2, 0.25) is 0 Å². The number of hydrogen-bond acceptors (Lipinski definition) is 4. The number of benzene rings is 3. The van der Waals surface area contributed by atoms with Gasteiger partial charge in [0.15, 0.2) is 0 Å². The molecule has 3 aromatic carbocycles. The van der Waals surface area contributed by atoms with Gasteiger partial charge in [0.25, 0.3) is 0 Å². The highest BCUT2D eigenvalue weighted by atomic mass is 127. The molecule has 1 saturated carbocycles. The van der Waals surface area contributed by atoms with Crippen LogP contribution in [0.2, 0.25) is 0 Å². The molecule has 0 radical (unpaired) electrons. The first-order valence-electron chi connectivity index (χ1n) is 13.8. The van der Waals surface area contributed by atoms with Crippen molar-refractivity contribution in [2.45, 2.75) is 44.2 Å². The zero-order valence-corrected chi connectivity index (χ0v) is 23.9. The summed E-state index contributed by atoms with van der Waals surface area (Å²) < 4.78 is 18.5. The number of rotatable bonds is 7. The van der Waals surface area contributed by atoms with Gasteiger partial charge in [-0.05, 0) is 66.6 Å². The van der Waals surface area contributed by atoms with Crippen molar-refractivity contribution in [2.24, 2.45) is 4.99 Å². The van der Waals surface area contributed by atoms with Crippen LogP contribution in [0.1, 0.15) is 43.2 Å². The number of nitrogens with zero attached hydrogens (tertiary/aromatic N) is 3. The lowest BCUT2D eigenvalue weighted by Crippen LogP contribution is -2.37. The Kier molecular flexibility index (Phi) is 6.86. The molecule has 1 aromatic heterocycles. The van der Waals surface area contributed by atoms with Crippen molar-refractivity contribution in [3.8, 4) is 11.3 Å². The van der Waals surface area contributed by atoms with Gasteiger partial charge in [-0.25, -0.2) is 14.4 Å². The number of halogens is 2. The quantitative estimate of drug-likeness (QED) is 0.169. The van der Waals surface area contributed by atoms with E-state index in [0.717, 1.165) is 46.6 Å². The summed E-state index contributed by atoms with van der Waals surface area (Å²) in [5.74, 6) is 0.892. The van der Waals surface area contributed by atoms with Crippen molar-refractivity contribution >= 4 is 52.7 Å². The lowest BCUT2D eigenvalue weighted by Gasteiger charge is -2.26. The summed E-state index contributed by atoms with van der Waals surface area (Å²) in [6, 6.07) is 22.6. The van der Waals surface area contributed by atoms with Crippen LogP contribution in [0.5, 0.6) is 0 Å². The summed E-state index contributed by atoms with van der Waals surface area (Å²) in [5.41, 5.74) is 5.54. The first-order valence-corrected chi connectivity index (χ1v) is 16.4. The molecule has 2 aliphatic heterocycles. The van der Waals surface area contributed by atoms with Crippen molar-refractivity contribution in [1.29, 1.82) is 0 Å². The van der Waals surface area contributed by atoms with Gasteiger partial charge in [-0.15, -0.1) is 0 Å². The van der Waals surface area contributed by atoms with E-state index in [-0.39, 0.29) is 32.6 Å². The number of aryl methyl sites for hydroxylation is 1. The van der Waals surface area contributed by atoms with Crippen LogP contribution in [0.3, 0.4) is 0 Å². The van der Waals surface area contributed by atoms with Gasteiger partial charge in [-0.1, -0.05) is 63.5 Å². The number of allylic oxidation sites excluding steroid dienone is 2. The van der Waals surface area contributed by atoms with E-state index < -0.39 is 0 Å². The molecule has 0 bridgehead atoms. The van der Waals surface area contributed by atoms with E-state index in [1.165, 1.54) is 57.2 Å². The Morgan fingerprint density at radius 2 is 1.82 bits per heavy atom. The molecule has 1 fully saturated rings. The highest BCUT2D eigenvalue weighted by Crippen LogP contribution is 2.39. The molecule has 39 heavy (non-hydrogen) atoms. The normalized spacial score (nSPS) is 19.1. The van der Waals surface area contributed by atoms with Crippen LogP contribution >= 0.6 is 20.7 Å². The number of alkyl halides is 1. The standard InChI is InChI=1S/C32H31FIN5/c33-24-13-11-22(12-14-24)30-31(23-17-18-35-32(34-19-23)37-25-7-4-8-25)39-26(15-16-29(39)38-30)20-36-28-10-3-6-21-5-1-2-9-27(21)28/h1-3,5-6,9-14,17-18,25-26,36-37H,4,7-8,15-16,19-20H2/t26-/m0/s1. The summed E-state index contributed by atoms with van der Waals surface area (Å²) in [4.78, 5) is 9.96. The first kappa shape index (κ1) is 24.8. The summed E-state index contributed by atoms with van der Waals surface area (Å²) in [7, 11) is 0. The first-order chi connectivity index (χ1) is 19.2. The minimum atomic E-state index is -0.284. The summed E-state index contributed by atoms with van der Waals surface area (Å²) in [5, 5.41) is 9.93. The van der Waals surface area contributed by atoms with Gasteiger partial charge >= 0.3 is 0 Å². The third-order valence-electron chi connectivity index (χ3n) is 8.02. The number of anilines is 1. The molecule has 198 valence electrons. The predicted octanol–water partition coefficient (Wildman–Crippen LogP) is 7.11. The number of fused-ring (bicyclic) bond motifs is 2. The average molecular weight is 632 g/mol. The van der Waals surface area contributed by atoms with Gasteiger partial charge in [0.05, 0.1) is 17.4 Å². The molecule has 5 nitrogen and oxygen atoms in total. The van der Waals surface area contributed by atoms with Gasteiger partial charge < -0.3 is 9.88 Å². The summed E-state index contributed by atoms with van der Waals surface area (Å²) >= 11 is -0.284. The Balaban J connectivity index is 1.23. The summed E-state index contributed by atoms with van der Waals surface area (Å²) in [6.45, 7) is 0.824. The smallest absolute Gasteiger partial charge is 0.134 e. The zero-order chi connectivity index (χ0) is 26.2. The molecule has 3 aliphatic rings. The minimum Gasteiger partial charge on any atom is -0.382 e. The van der Waals surface area contributed by atoms with Gasteiger partial charge in [0.1, 0.15) is 15.4 Å².